The van der Waals surface area contributed by atoms with Gasteiger partial charge < -0.3 is 19.0 Å². The molecule has 1 aromatic heterocycles. The molecule has 4 heteroatoms. The number of likely N-dealkylation sites (tertiary alicyclic amines) is 1. The first-order valence-electron chi connectivity index (χ1n) is 9.62. The van der Waals surface area contributed by atoms with E-state index in [2.05, 4.69) is 28.0 Å². The molecule has 0 radical (unpaired) electrons. The number of fused-ring (bicyclic) bond motifs is 1. The van der Waals surface area contributed by atoms with Crippen molar-refractivity contribution in [3.05, 3.63) is 47.9 Å². The molecular formula is C21H28N2O2. The third kappa shape index (κ3) is 4.18. The molecular weight excluding hydrogens is 312 g/mol. The number of hydrogen-bond acceptors (Lipinski definition) is 4. The van der Waals surface area contributed by atoms with Crippen molar-refractivity contribution in [2.24, 2.45) is 0 Å². The molecule has 0 saturated carbocycles. The summed E-state index contributed by atoms with van der Waals surface area (Å²) in [6.07, 6.45) is 9.91. The predicted octanol–water partition coefficient (Wildman–Crippen LogP) is 4.10. The summed E-state index contributed by atoms with van der Waals surface area (Å²) in [4.78, 5) is 4.99. The quantitative estimate of drug-likeness (QED) is 0.710. The van der Waals surface area contributed by atoms with Gasteiger partial charge in [0.1, 0.15) is 5.75 Å². The lowest BCUT2D eigenvalue weighted by molar-refractivity contribution is 0.205. The molecule has 4 rings (SSSR count). The summed E-state index contributed by atoms with van der Waals surface area (Å²) in [6, 6.07) is 8.60. The van der Waals surface area contributed by atoms with Gasteiger partial charge in [0.2, 0.25) is 0 Å². The van der Waals surface area contributed by atoms with E-state index in [1.165, 1.54) is 55.7 Å². The van der Waals surface area contributed by atoms with E-state index in [9.17, 15) is 0 Å². The number of piperidine rings is 1. The van der Waals surface area contributed by atoms with Crippen LogP contribution in [0.3, 0.4) is 0 Å². The predicted molar refractivity (Wildman–Crippen MR) is 100 cm³/mol. The van der Waals surface area contributed by atoms with Crippen molar-refractivity contribution in [2.75, 3.05) is 37.7 Å². The van der Waals surface area contributed by atoms with Crippen molar-refractivity contribution in [1.29, 1.82) is 0 Å². The van der Waals surface area contributed by atoms with Gasteiger partial charge in [-0.05, 0) is 68.6 Å². The van der Waals surface area contributed by atoms with Crippen LogP contribution in [-0.2, 0) is 13.0 Å². The van der Waals surface area contributed by atoms with E-state index in [-0.39, 0.29) is 0 Å². The summed E-state index contributed by atoms with van der Waals surface area (Å²) in [5, 5.41) is 0. The second-order valence-electron chi connectivity index (χ2n) is 7.20. The molecule has 0 atom stereocenters. The Morgan fingerprint density at radius 1 is 1.04 bits per heavy atom. The summed E-state index contributed by atoms with van der Waals surface area (Å²) in [7, 11) is 0. The first kappa shape index (κ1) is 16.5. The van der Waals surface area contributed by atoms with Crippen molar-refractivity contribution in [1.82, 2.24) is 4.90 Å². The van der Waals surface area contributed by atoms with Gasteiger partial charge in [-0.15, -0.1) is 0 Å². The molecule has 0 N–H and O–H groups in total. The largest absolute Gasteiger partial charge is 0.494 e. The van der Waals surface area contributed by atoms with Gasteiger partial charge in [-0.2, -0.15) is 0 Å². The van der Waals surface area contributed by atoms with Crippen molar-refractivity contribution in [3.63, 3.8) is 0 Å². The van der Waals surface area contributed by atoms with Crippen molar-refractivity contribution in [2.45, 2.75) is 38.6 Å². The van der Waals surface area contributed by atoms with E-state index in [1.54, 1.807) is 6.26 Å². The Kier molecular flexibility index (Phi) is 5.26. The first-order valence-corrected chi connectivity index (χ1v) is 9.62. The summed E-state index contributed by atoms with van der Waals surface area (Å²) < 4.78 is 11.2. The molecule has 0 spiro atoms. The fraction of sp³-hybridized carbons (Fsp3) is 0.524. The van der Waals surface area contributed by atoms with Gasteiger partial charge in [-0.3, -0.25) is 0 Å². The molecule has 0 amide bonds. The van der Waals surface area contributed by atoms with Crippen molar-refractivity contribution < 1.29 is 9.15 Å². The Hall–Kier alpha value is -1.94. The monoisotopic (exact) mass is 340 g/mol. The van der Waals surface area contributed by atoms with Crippen LogP contribution in [0.15, 0.2) is 41.2 Å². The van der Waals surface area contributed by atoms with Crippen LogP contribution in [-0.4, -0.2) is 37.7 Å². The summed E-state index contributed by atoms with van der Waals surface area (Å²) in [6.45, 7) is 6.51. The molecule has 134 valence electrons. The van der Waals surface area contributed by atoms with Crippen LogP contribution in [0.5, 0.6) is 5.75 Å². The zero-order valence-electron chi connectivity index (χ0n) is 15.0. The fourth-order valence-electron chi connectivity index (χ4n) is 3.96. The molecule has 4 nitrogen and oxygen atoms in total. The lowest BCUT2D eigenvalue weighted by Crippen LogP contribution is -2.31. The first-order chi connectivity index (χ1) is 12.4. The third-order valence-corrected chi connectivity index (χ3v) is 5.33. The van der Waals surface area contributed by atoms with Crippen LogP contribution < -0.4 is 9.64 Å². The summed E-state index contributed by atoms with van der Waals surface area (Å²) in [5.74, 6) is 1.02. The second kappa shape index (κ2) is 7.96. The average Bonchev–Trinajstić information content (AvgIpc) is 3.30. The minimum Gasteiger partial charge on any atom is -0.494 e. The maximum absolute atomic E-state index is 6.00. The second-order valence-corrected chi connectivity index (χ2v) is 7.20. The molecule has 1 saturated heterocycles. The number of benzene rings is 1. The Labute approximate surface area is 150 Å². The molecule has 2 aliphatic rings. The van der Waals surface area contributed by atoms with Gasteiger partial charge in [0.15, 0.2) is 0 Å². The molecule has 1 fully saturated rings. The van der Waals surface area contributed by atoms with Crippen LogP contribution in [0.2, 0.25) is 0 Å². The average molecular weight is 340 g/mol. The van der Waals surface area contributed by atoms with E-state index in [1.807, 2.05) is 12.3 Å². The molecule has 1 aromatic carbocycles. The Bertz CT molecular complexity index is 663. The minimum atomic E-state index is 0.814. The SMILES string of the molecule is c1cc(CN2CCc3cc(OCCCN4CCCCC4)ccc32)co1. The highest BCUT2D eigenvalue weighted by Gasteiger charge is 2.20. The highest BCUT2D eigenvalue weighted by Crippen LogP contribution is 2.32. The fourth-order valence-corrected chi connectivity index (χ4v) is 3.96. The van der Waals surface area contributed by atoms with Gasteiger partial charge >= 0.3 is 0 Å². The van der Waals surface area contributed by atoms with E-state index in [0.717, 1.165) is 38.3 Å². The molecule has 3 heterocycles. The van der Waals surface area contributed by atoms with Gasteiger partial charge in [-0.1, -0.05) is 6.42 Å². The zero-order valence-corrected chi connectivity index (χ0v) is 15.0. The number of ether oxygens (including phenoxy) is 1. The van der Waals surface area contributed by atoms with Crippen LogP contribution in [0.25, 0.3) is 0 Å². The molecule has 0 bridgehead atoms. The topological polar surface area (TPSA) is 28.9 Å². The van der Waals surface area contributed by atoms with Crippen molar-refractivity contribution in [3.8, 4) is 5.75 Å². The molecule has 2 aromatic rings. The van der Waals surface area contributed by atoms with E-state index in [0.29, 0.717) is 0 Å². The molecule has 0 unspecified atom stereocenters. The van der Waals surface area contributed by atoms with E-state index in [4.69, 9.17) is 9.15 Å². The Balaban J connectivity index is 1.26. The standard InChI is InChI=1S/C21H28N2O2/c1-2-9-22(10-3-1)11-4-13-25-20-5-6-21-19(15-20)7-12-23(21)16-18-8-14-24-17-18/h5-6,8,14-15,17H,1-4,7,9-13,16H2. The number of furan rings is 1. The van der Waals surface area contributed by atoms with Gasteiger partial charge in [0.05, 0.1) is 19.1 Å². The molecule has 2 aliphatic heterocycles. The lowest BCUT2D eigenvalue weighted by Gasteiger charge is -2.26. The normalized spacial score (nSPS) is 17.7. The molecule has 0 aliphatic carbocycles. The number of anilines is 1. The van der Waals surface area contributed by atoms with Gasteiger partial charge in [-0.25, -0.2) is 0 Å². The third-order valence-electron chi connectivity index (χ3n) is 5.33. The Morgan fingerprint density at radius 3 is 2.80 bits per heavy atom. The number of rotatable bonds is 7. The summed E-state index contributed by atoms with van der Waals surface area (Å²) >= 11 is 0. The van der Waals surface area contributed by atoms with Gasteiger partial charge in [0.25, 0.3) is 0 Å². The van der Waals surface area contributed by atoms with Crippen molar-refractivity contribution >= 4 is 5.69 Å². The minimum absolute atomic E-state index is 0.814. The smallest absolute Gasteiger partial charge is 0.119 e. The lowest BCUT2D eigenvalue weighted by atomic mass is 10.1. The maximum Gasteiger partial charge on any atom is 0.119 e. The number of nitrogens with zero attached hydrogens (tertiary/aromatic N) is 2. The zero-order chi connectivity index (χ0) is 16.9. The van der Waals surface area contributed by atoms with Gasteiger partial charge in [0, 0.05) is 30.9 Å². The van der Waals surface area contributed by atoms with Crippen LogP contribution >= 0.6 is 0 Å². The highest BCUT2D eigenvalue weighted by atomic mass is 16.5. The Morgan fingerprint density at radius 2 is 1.96 bits per heavy atom. The van der Waals surface area contributed by atoms with Crippen LogP contribution in [0.4, 0.5) is 5.69 Å². The van der Waals surface area contributed by atoms with E-state index < -0.39 is 0 Å². The highest BCUT2D eigenvalue weighted by molar-refractivity contribution is 5.60. The summed E-state index contributed by atoms with van der Waals surface area (Å²) in [5.41, 5.74) is 3.96. The maximum atomic E-state index is 6.00. The number of hydrogen-bond donors (Lipinski definition) is 0. The molecule has 25 heavy (non-hydrogen) atoms. The van der Waals surface area contributed by atoms with E-state index >= 15 is 0 Å². The van der Waals surface area contributed by atoms with Crippen LogP contribution in [0.1, 0.15) is 36.8 Å². The van der Waals surface area contributed by atoms with Crippen LogP contribution in [0, 0.1) is 0 Å².